The van der Waals surface area contributed by atoms with Crippen LogP contribution in [0, 0.1) is 5.82 Å². The van der Waals surface area contributed by atoms with Crippen LogP contribution in [-0.4, -0.2) is 13.7 Å². The zero-order valence-corrected chi connectivity index (χ0v) is 14.3. The van der Waals surface area contributed by atoms with Gasteiger partial charge in [0.15, 0.2) is 0 Å². The minimum atomic E-state index is -0.147. The molecule has 0 unspecified atom stereocenters. The summed E-state index contributed by atoms with van der Waals surface area (Å²) in [5.74, 6) is 1.75. The highest BCUT2D eigenvalue weighted by Crippen LogP contribution is 2.33. The highest BCUT2D eigenvalue weighted by atomic mass is 19.1. The molecule has 2 N–H and O–H groups in total. The fourth-order valence-corrected chi connectivity index (χ4v) is 3.10. The monoisotopic (exact) mass is 340 g/mol. The molecule has 3 nitrogen and oxygen atoms in total. The van der Waals surface area contributed by atoms with Gasteiger partial charge in [0, 0.05) is 17.5 Å². The lowest BCUT2D eigenvalue weighted by atomic mass is 9.92. The van der Waals surface area contributed by atoms with E-state index in [1.54, 1.807) is 19.4 Å². The minimum Gasteiger partial charge on any atom is -0.496 e. The van der Waals surface area contributed by atoms with Gasteiger partial charge in [0.2, 0.25) is 0 Å². The molecule has 0 amide bonds. The second-order valence-electron chi connectivity index (χ2n) is 5.97. The van der Waals surface area contributed by atoms with E-state index in [1.165, 1.54) is 6.07 Å². The van der Waals surface area contributed by atoms with Crippen molar-refractivity contribution in [2.45, 2.75) is 18.9 Å². The van der Waals surface area contributed by atoms with Crippen LogP contribution < -0.4 is 10.1 Å². The molecule has 0 spiro atoms. The summed E-state index contributed by atoms with van der Waals surface area (Å²) >= 11 is 0. The number of furan rings is 1. The Morgan fingerprint density at radius 1 is 1.04 bits per heavy atom. The normalized spacial score (nSPS) is 12.1. The van der Waals surface area contributed by atoms with E-state index in [4.69, 9.17) is 9.15 Å². The third kappa shape index (κ3) is 4.28. The van der Waals surface area contributed by atoms with Crippen LogP contribution >= 0.6 is 0 Å². The summed E-state index contributed by atoms with van der Waals surface area (Å²) in [6, 6.07) is 18.8. The lowest BCUT2D eigenvalue weighted by Gasteiger charge is -2.17. The third-order valence-corrected chi connectivity index (χ3v) is 4.38. The number of benzene rings is 2. The first-order valence-electron chi connectivity index (χ1n) is 8.51. The third-order valence-electron chi connectivity index (χ3n) is 4.38. The van der Waals surface area contributed by atoms with Crippen LogP contribution in [0.2, 0.25) is 0 Å². The summed E-state index contributed by atoms with van der Waals surface area (Å²) in [4.78, 5) is 0. The number of nitrogens with two attached hydrogens (primary N) is 1. The molecule has 3 rings (SSSR count). The zero-order valence-electron chi connectivity index (χ0n) is 14.3. The van der Waals surface area contributed by atoms with Crippen molar-refractivity contribution < 1.29 is 18.9 Å². The van der Waals surface area contributed by atoms with E-state index in [0.29, 0.717) is 6.54 Å². The van der Waals surface area contributed by atoms with Crippen LogP contribution in [0.15, 0.2) is 71.3 Å². The number of ether oxygens (including phenoxy) is 1. The smallest absolute Gasteiger partial charge is 0.132 e. The average Bonchev–Trinajstić information content (AvgIpc) is 3.17. The largest absolute Gasteiger partial charge is 0.496 e. The van der Waals surface area contributed by atoms with Crippen LogP contribution in [0.25, 0.3) is 0 Å². The number of rotatable bonds is 8. The summed E-state index contributed by atoms with van der Waals surface area (Å²) in [5, 5.41) is 2.13. The number of hydrogen-bond acceptors (Lipinski definition) is 2. The summed E-state index contributed by atoms with van der Waals surface area (Å²) in [7, 11) is 1.68. The van der Waals surface area contributed by atoms with Crippen molar-refractivity contribution >= 4 is 0 Å². The van der Waals surface area contributed by atoms with Gasteiger partial charge in [-0.05, 0) is 24.3 Å². The molecule has 130 valence electrons. The van der Waals surface area contributed by atoms with E-state index < -0.39 is 0 Å². The van der Waals surface area contributed by atoms with Gasteiger partial charge < -0.3 is 14.5 Å². The number of halogens is 1. The van der Waals surface area contributed by atoms with Gasteiger partial charge in [-0.25, -0.2) is 4.39 Å². The maximum absolute atomic E-state index is 13.7. The Labute approximate surface area is 147 Å². The molecule has 1 atom stereocenters. The van der Waals surface area contributed by atoms with Crippen LogP contribution in [0.3, 0.4) is 0 Å². The molecule has 0 radical (unpaired) electrons. The van der Waals surface area contributed by atoms with Gasteiger partial charge in [-0.3, -0.25) is 0 Å². The molecule has 25 heavy (non-hydrogen) atoms. The van der Waals surface area contributed by atoms with E-state index >= 15 is 0 Å². The Morgan fingerprint density at radius 3 is 2.60 bits per heavy atom. The van der Waals surface area contributed by atoms with Gasteiger partial charge in [-0.15, -0.1) is 0 Å². The second-order valence-corrected chi connectivity index (χ2v) is 5.97. The second kappa shape index (κ2) is 8.49. The molecule has 0 bridgehead atoms. The predicted octanol–water partition coefficient (Wildman–Crippen LogP) is 3.71. The summed E-state index contributed by atoms with van der Waals surface area (Å²) < 4.78 is 24.9. The van der Waals surface area contributed by atoms with Gasteiger partial charge in [0.25, 0.3) is 0 Å². The van der Waals surface area contributed by atoms with Gasteiger partial charge in [-0.2, -0.15) is 0 Å². The highest BCUT2D eigenvalue weighted by molar-refractivity contribution is 5.39. The molecule has 3 aromatic rings. The Morgan fingerprint density at radius 2 is 1.84 bits per heavy atom. The standard InChI is InChI=1S/C21H22FNO2/c1-24-20-10-5-3-8-17(20)18(21-11-6-14-25-21)12-13-23-15-16-7-2-4-9-19(16)22/h2-11,14,18,23H,12-13,15H2,1H3/p+1/t18-/m1/s1. The minimum absolute atomic E-state index is 0.114. The predicted molar refractivity (Wildman–Crippen MR) is 95.1 cm³/mol. The number of para-hydroxylation sites is 1. The van der Waals surface area contributed by atoms with Crippen molar-refractivity contribution in [2.24, 2.45) is 0 Å². The Kier molecular flexibility index (Phi) is 5.86. The van der Waals surface area contributed by atoms with Crippen LogP contribution in [0.4, 0.5) is 4.39 Å². The van der Waals surface area contributed by atoms with E-state index in [-0.39, 0.29) is 11.7 Å². The highest BCUT2D eigenvalue weighted by Gasteiger charge is 2.21. The molecular weight excluding hydrogens is 317 g/mol. The van der Waals surface area contributed by atoms with Gasteiger partial charge in [-0.1, -0.05) is 36.4 Å². The van der Waals surface area contributed by atoms with Crippen molar-refractivity contribution in [3.63, 3.8) is 0 Å². The maximum atomic E-state index is 13.7. The Balaban J connectivity index is 1.68. The van der Waals surface area contributed by atoms with Crippen LogP contribution in [0.5, 0.6) is 5.75 Å². The summed E-state index contributed by atoms with van der Waals surface area (Å²) in [6.45, 7) is 1.49. The first-order valence-corrected chi connectivity index (χ1v) is 8.51. The fourth-order valence-electron chi connectivity index (χ4n) is 3.10. The summed E-state index contributed by atoms with van der Waals surface area (Å²) in [6.07, 6.45) is 2.57. The molecule has 0 aliphatic carbocycles. The molecular formula is C21H23FNO2+. The van der Waals surface area contributed by atoms with E-state index in [1.807, 2.05) is 42.5 Å². The molecule has 0 aliphatic heterocycles. The molecule has 0 saturated carbocycles. The SMILES string of the molecule is COc1ccccc1[C@@H](CC[NH2+]Cc1ccccc1F)c1ccco1. The van der Waals surface area contributed by atoms with Gasteiger partial charge >= 0.3 is 0 Å². The first-order chi connectivity index (χ1) is 12.3. The first kappa shape index (κ1) is 17.2. The molecule has 1 heterocycles. The Hall–Kier alpha value is -2.59. The van der Waals surface area contributed by atoms with E-state index in [2.05, 4.69) is 11.4 Å². The van der Waals surface area contributed by atoms with Crippen LogP contribution in [0.1, 0.15) is 29.2 Å². The van der Waals surface area contributed by atoms with Crippen molar-refractivity contribution in [1.82, 2.24) is 0 Å². The lowest BCUT2D eigenvalue weighted by Crippen LogP contribution is -2.82. The topological polar surface area (TPSA) is 39.0 Å². The van der Waals surface area contributed by atoms with Crippen molar-refractivity contribution in [1.29, 1.82) is 0 Å². The average molecular weight is 340 g/mol. The molecule has 4 heteroatoms. The van der Waals surface area contributed by atoms with Gasteiger partial charge in [0.05, 0.1) is 25.8 Å². The molecule has 2 aromatic carbocycles. The number of methoxy groups -OCH3 is 1. The molecule has 0 fully saturated rings. The van der Waals surface area contributed by atoms with Crippen LogP contribution in [-0.2, 0) is 6.54 Å². The quantitative estimate of drug-likeness (QED) is 0.635. The molecule has 1 aromatic heterocycles. The summed E-state index contributed by atoms with van der Waals surface area (Å²) in [5.41, 5.74) is 1.84. The van der Waals surface area contributed by atoms with Crippen molar-refractivity contribution in [2.75, 3.05) is 13.7 Å². The van der Waals surface area contributed by atoms with E-state index in [9.17, 15) is 4.39 Å². The molecule has 0 aliphatic rings. The number of quaternary nitrogens is 1. The molecule has 0 saturated heterocycles. The fraction of sp³-hybridized carbons (Fsp3) is 0.238. The Bertz CT molecular complexity index is 786. The van der Waals surface area contributed by atoms with Crippen molar-refractivity contribution in [3.05, 3.63) is 89.6 Å². The van der Waals surface area contributed by atoms with Gasteiger partial charge in [0.1, 0.15) is 23.9 Å². The number of hydrogen-bond donors (Lipinski definition) is 1. The van der Waals surface area contributed by atoms with Crippen molar-refractivity contribution in [3.8, 4) is 5.75 Å². The maximum Gasteiger partial charge on any atom is 0.132 e. The zero-order chi connectivity index (χ0) is 17.5. The lowest BCUT2D eigenvalue weighted by molar-refractivity contribution is -0.671. The van der Waals surface area contributed by atoms with E-state index in [0.717, 1.165) is 35.6 Å².